The maximum absolute atomic E-state index is 13.5. The summed E-state index contributed by atoms with van der Waals surface area (Å²) < 4.78 is 52.5. The number of aliphatic hydroxyl groups excluding tert-OH is 1. The fraction of sp³-hybridized carbons (Fsp3) is 0.414. The summed E-state index contributed by atoms with van der Waals surface area (Å²) in [6.07, 6.45) is -0.788. The van der Waals surface area contributed by atoms with Gasteiger partial charge < -0.3 is 29.9 Å². The van der Waals surface area contributed by atoms with Crippen molar-refractivity contribution in [1.82, 2.24) is 14.4 Å². The number of halogens is 1. The van der Waals surface area contributed by atoms with Crippen molar-refractivity contribution in [3.8, 4) is 5.75 Å². The second-order valence-electron chi connectivity index (χ2n) is 10.7. The van der Waals surface area contributed by atoms with Gasteiger partial charge in [0.25, 0.3) is 0 Å². The molecule has 0 unspecified atom stereocenters. The number of aromatic nitrogens is 1. The maximum atomic E-state index is 13.5. The number of hydrogen-bond acceptors (Lipinski definition) is 8. The van der Waals surface area contributed by atoms with Crippen LogP contribution in [0.2, 0.25) is 0 Å². The van der Waals surface area contributed by atoms with Crippen LogP contribution in [-0.2, 0) is 21.2 Å². The number of benzene rings is 2. The molecule has 0 fully saturated rings. The first-order chi connectivity index (χ1) is 20.3. The molecule has 1 aliphatic rings. The minimum atomic E-state index is -3.98. The Bertz CT molecular complexity index is 1560. The lowest BCUT2D eigenvalue weighted by Gasteiger charge is -2.33. The molecule has 232 valence electrons. The lowest BCUT2D eigenvalue weighted by molar-refractivity contribution is -0.134. The lowest BCUT2D eigenvalue weighted by atomic mass is 10.0. The number of likely N-dealkylation sites (N-methyl/N-ethyl adjacent to an activating group) is 1. The Balaban J connectivity index is 1.62. The highest BCUT2D eigenvalue weighted by molar-refractivity contribution is 7.89. The fourth-order valence-electron chi connectivity index (χ4n) is 4.80. The van der Waals surface area contributed by atoms with Crippen molar-refractivity contribution in [3.05, 3.63) is 65.3 Å². The Morgan fingerprint density at radius 3 is 2.53 bits per heavy atom. The van der Waals surface area contributed by atoms with E-state index < -0.39 is 34.0 Å². The highest BCUT2D eigenvalue weighted by atomic mass is 32.2. The summed E-state index contributed by atoms with van der Waals surface area (Å²) in [6.45, 7) is 6.80. The number of aryl methyl sites for hydroxylation is 2. The molecule has 3 aromatic rings. The van der Waals surface area contributed by atoms with E-state index in [1.165, 1.54) is 19.2 Å². The van der Waals surface area contributed by atoms with E-state index in [0.29, 0.717) is 34.1 Å². The van der Waals surface area contributed by atoms with Crippen LogP contribution in [0.25, 0.3) is 0 Å². The van der Waals surface area contributed by atoms with E-state index in [1.54, 1.807) is 43.9 Å². The first-order valence-corrected chi connectivity index (χ1v) is 15.2. The largest absolute Gasteiger partial charge is 0.488 e. The number of ether oxygens (including phenoxy) is 1. The monoisotopic (exact) mass is 617 g/mol. The second-order valence-corrected chi connectivity index (χ2v) is 12.8. The smallest absolute Gasteiger partial charge is 0.323 e. The van der Waals surface area contributed by atoms with Crippen LogP contribution in [0.3, 0.4) is 0 Å². The number of carbonyl (C=O) groups excluding carboxylic acids is 2. The molecule has 0 saturated heterocycles. The van der Waals surface area contributed by atoms with Gasteiger partial charge in [-0.1, -0.05) is 12.1 Å². The van der Waals surface area contributed by atoms with Crippen molar-refractivity contribution >= 4 is 33.3 Å². The molecule has 12 nitrogen and oxygen atoms in total. The topological polar surface area (TPSA) is 154 Å². The number of nitrogens with zero attached hydrogens (tertiary/aromatic N) is 3. The Kier molecular flexibility index (Phi) is 9.72. The molecule has 2 aromatic carbocycles. The summed E-state index contributed by atoms with van der Waals surface area (Å²) in [5.41, 5.74) is 1.83. The SMILES string of the molecule is Cc1noc(C)c1NC(=O)Nc1ccc2c(c1)CC(=O)N([C@@H](C)CO)C[C@@H](C)[C@H](CN(C)S(=O)(=O)c1ccc(F)cc1)O2. The zero-order chi connectivity index (χ0) is 31.5. The molecule has 4 rings (SSSR count). The van der Waals surface area contributed by atoms with E-state index in [1.807, 2.05) is 6.92 Å². The molecule has 43 heavy (non-hydrogen) atoms. The molecule has 0 spiro atoms. The number of aliphatic hydroxyl groups is 1. The van der Waals surface area contributed by atoms with Gasteiger partial charge in [0.05, 0.1) is 30.5 Å². The van der Waals surface area contributed by atoms with E-state index in [9.17, 15) is 27.5 Å². The molecule has 3 N–H and O–H groups in total. The number of anilines is 2. The molecule has 3 amide bonds. The van der Waals surface area contributed by atoms with Crippen LogP contribution in [0.15, 0.2) is 51.9 Å². The molecule has 0 saturated carbocycles. The van der Waals surface area contributed by atoms with E-state index >= 15 is 0 Å². The Morgan fingerprint density at radius 1 is 1.21 bits per heavy atom. The third-order valence-electron chi connectivity index (χ3n) is 7.41. The van der Waals surface area contributed by atoms with Crippen LogP contribution in [0.4, 0.5) is 20.6 Å². The summed E-state index contributed by atoms with van der Waals surface area (Å²) in [5, 5.41) is 19.1. The third-order valence-corrected chi connectivity index (χ3v) is 9.24. The van der Waals surface area contributed by atoms with Crippen LogP contribution >= 0.6 is 0 Å². The van der Waals surface area contributed by atoms with Crippen molar-refractivity contribution < 1.29 is 36.8 Å². The molecule has 1 aliphatic heterocycles. The zero-order valence-electron chi connectivity index (χ0n) is 24.6. The lowest BCUT2D eigenvalue weighted by Crippen LogP contribution is -2.48. The zero-order valence-corrected chi connectivity index (χ0v) is 25.4. The number of urea groups is 1. The number of nitrogens with one attached hydrogen (secondary N) is 2. The van der Waals surface area contributed by atoms with Crippen molar-refractivity contribution in [2.45, 2.75) is 51.2 Å². The number of rotatable bonds is 8. The summed E-state index contributed by atoms with van der Waals surface area (Å²) in [4.78, 5) is 27.7. The highest BCUT2D eigenvalue weighted by Gasteiger charge is 2.33. The molecule has 1 aromatic heterocycles. The van der Waals surface area contributed by atoms with Gasteiger partial charge in [-0.15, -0.1) is 0 Å². The number of sulfonamides is 1. The summed E-state index contributed by atoms with van der Waals surface area (Å²) >= 11 is 0. The number of hydrogen-bond donors (Lipinski definition) is 3. The Morgan fingerprint density at radius 2 is 1.91 bits per heavy atom. The molecular formula is C29H36FN5O7S. The predicted molar refractivity (Wildman–Crippen MR) is 157 cm³/mol. The number of fused-ring (bicyclic) bond motifs is 1. The average molecular weight is 618 g/mol. The molecule has 2 heterocycles. The van der Waals surface area contributed by atoms with Crippen LogP contribution in [0, 0.1) is 25.6 Å². The van der Waals surface area contributed by atoms with Gasteiger partial charge in [0, 0.05) is 30.8 Å². The van der Waals surface area contributed by atoms with Gasteiger partial charge in [-0.3, -0.25) is 4.79 Å². The quantitative estimate of drug-likeness (QED) is 0.347. The molecular weight excluding hydrogens is 581 g/mol. The highest BCUT2D eigenvalue weighted by Crippen LogP contribution is 2.30. The average Bonchev–Trinajstić information content (AvgIpc) is 3.29. The van der Waals surface area contributed by atoms with Crippen molar-refractivity contribution in [2.75, 3.05) is 37.4 Å². The van der Waals surface area contributed by atoms with Gasteiger partial charge in [-0.05, 0) is 63.2 Å². The van der Waals surface area contributed by atoms with Crippen LogP contribution in [0.5, 0.6) is 5.75 Å². The number of amides is 3. The summed E-state index contributed by atoms with van der Waals surface area (Å²) in [7, 11) is -2.57. The second kappa shape index (κ2) is 13.1. The Hall–Kier alpha value is -4.01. The molecule has 0 aliphatic carbocycles. The summed E-state index contributed by atoms with van der Waals surface area (Å²) in [5.74, 6) is -0.361. The van der Waals surface area contributed by atoms with E-state index in [2.05, 4.69) is 15.8 Å². The van der Waals surface area contributed by atoms with Gasteiger partial charge in [0.1, 0.15) is 29.1 Å². The van der Waals surface area contributed by atoms with Gasteiger partial charge in [-0.25, -0.2) is 17.6 Å². The minimum Gasteiger partial charge on any atom is -0.488 e. The molecule has 14 heteroatoms. The standard InChI is InChI=1S/C29H36FN5O7S/c1-17-14-35(18(2)16-36)27(37)13-21-12-23(31-29(38)32-28-19(3)33-42-20(28)4)8-11-25(21)41-26(17)15-34(5)43(39,40)24-9-6-22(30)7-10-24/h6-12,17-18,26,36H,13-16H2,1-5H3,(H2,31,32,38)/t17-,18+,26+/m1/s1. The summed E-state index contributed by atoms with van der Waals surface area (Å²) in [6, 6.07) is 8.36. The van der Waals surface area contributed by atoms with Crippen molar-refractivity contribution in [1.29, 1.82) is 0 Å². The first kappa shape index (κ1) is 31.9. The van der Waals surface area contributed by atoms with E-state index in [-0.39, 0.29) is 42.8 Å². The fourth-order valence-corrected chi connectivity index (χ4v) is 5.98. The minimum absolute atomic E-state index is 0.0659. The molecule has 0 bridgehead atoms. The molecule has 0 radical (unpaired) electrons. The Labute approximate surface area is 249 Å². The van der Waals surface area contributed by atoms with Crippen molar-refractivity contribution in [2.24, 2.45) is 5.92 Å². The predicted octanol–water partition coefficient (Wildman–Crippen LogP) is 3.54. The van der Waals surface area contributed by atoms with Gasteiger partial charge in [0.2, 0.25) is 15.9 Å². The van der Waals surface area contributed by atoms with Crippen LogP contribution in [0.1, 0.15) is 30.9 Å². The van der Waals surface area contributed by atoms with E-state index in [0.717, 1.165) is 16.4 Å². The van der Waals surface area contributed by atoms with Gasteiger partial charge in [-0.2, -0.15) is 4.31 Å². The molecule has 3 atom stereocenters. The third kappa shape index (κ3) is 7.32. The van der Waals surface area contributed by atoms with Gasteiger partial charge in [0.15, 0.2) is 5.76 Å². The first-order valence-electron chi connectivity index (χ1n) is 13.7. The van der Waals surface area contributed by atoms with Crippen molar-refractivity contribution in [3.63, 3.8) is 0 Å². The van der Waals surface area contributed by atoms with E-state index in [4.69, 9.17) is 9.26 Å². The maximum Gasteiger partial charge on any atom is 0.323 e. The van der Waals surface area contributed by atoms with Crippen LogP contribution in [-0.4, -0.2) is 78.7 Å². The number of carbonyl (C=O) groups is 2. The van der Waals surface area contributed by atoms with Crippen LogP contribution < -0.4 is 15.4 Å². The van der Waals surface area contributed by atoms with Gasteiger partial charge >= 0.3 is 6.03 Å². The normalized spacial score (nSPS) is 18.2.